The predicted octanol–water partition coefficient (Wildman–Crippen LogP) is 2.73. The number of aldehydes is 1. The van der Waals surface area contributed by atoms with E-state index in [2.05, 4.69) is 30.9 Å². The van der Waals surface area contributed by atoms with Crippen molar-refractivity contribution in [3.63, 3.8) is 0 Å². The van der Waals surface area contributed by atoms with Crippen LogP contribution < -0.4 is 0 Å². The van der Waals surface area contributed by atoms with Crippen LogP contribution in [0.1, 0.15) is 25.8 Å². The third-order valence-corrected chi connectivity index (χ3v) is 3.15. The number of benzene rings is 1. The fraction of sp³-hybridized carbons (Fsp3) is 0.500. The van der Waals surface area contributed by atoms with Crippen LogP contribution in [-0.4, -0.2) is 24.3 Å². The smallest absolute Gasteiger partial charge is 0.137 e. The van der Waals surface area contributed by atoms with Crippen molar-refractivity contribution in [1.29, 1.82) is 0 Å². The van der Waals surface area contributed by atoms with Crippen molar-refractivity contribution in [1.82, 2.24) is 4.90 Å². The summed E-state index contributed by atoms with van der Waals surface area (Å²) in [6, 6.07) is 10.3. The first-order valence-corrected chi connectivity index (χ1v) is 5.88. The summed E-state index contributed by atoms with van der Waals surface area (Å²) >= 11 is 0. The number of hydrogen-bond donors (Lipinski definition) is 0. The topological polar surface area (TPSA) is 20.3 Å². The molecule has 0 aromatic heterocycles. The normalized spacial score (nSPS) is 14.8. The van der Waals surface area contributed by atoms with Crippen LogP contribution in [0.25, 0.3) is 0 Å². The standard InChI is InChI=1S/C14H21NO/c1-4-12(2)14(11-16)15(3)10-13-8-6-5-7-9-13/h5-9,11-12,14H,4,10H2,1-3H3. The maximum absolute atomic E-state index is 11.1. The van der Waals surface area contributed by atoms with E-state index in [4.69, 9.17) is 0 Å². The lowest BCUT2D eigenvalue weighted by atomic mass is 9.99. The second-order valence-corrected chi connectivity index (χ2v) is 4.41. The van der Waals surface area contributed by atoms with E-state index in [1.807, 2.05) is 25.2 Å². The van der Waals surface area contributed by atoms with Crippen molar-refractivity contribution in [3.05, 3.63) is 35.9 Å². The van der Waals surface area contributed by atoms with Gasteiger partial charge >= 0.3 is 0 Å². The molecular weight excluding hydrogens is 198 g/mol. The molecule has 0 bridgehead atoms. The summed E-state index contributed by atoms with van der Waals surface area (Å²) in [7, 11) is 2.01. The van der Waals surface area contributed by atoms with Gasteiger partial charge in [-0.25, -0.2) is 0 Å². The third-order valence-electron chi connectivity index (χ3n) is 3.15. The number of likely N-dealkylation sites (N-methyl/N-ethyl adjacent to an activating group) is 1. The highest BCUT2D eigenvalue weighted by Crippen LogP contribution is 2.14. The molecule has 0 saturated carbocycles. The summed E-state index contributed by atoms with van der Waals surface area (Å²) in [6.07, 6.45) is 2.10. The van der Waals surface area contributed by atoms with Crippen LogP contribution in [0, 0.1) is 5.92 Å². The summed E-state index contributed by atoms with van der Waals surface area (Å²) in [6.45, 7) is 5.08. The summed E-state index contributed by atoms with van der Waals surface area (Å²) in [5, 5.41) is 0. The Hall–Kier alpha value is -1.15. The van der Waals surface area contributed by atoms with Gasteiger partial charge in [-0.2, -0.15) is 0 Å². The van der Waals surface area contributed by atoms with Crippen LogP contribution in [0.5, 0.6) is 0 Å². The molecule has 0 aliphatic carbocycles. The van der Waals surface area contributed by atoms with Gasteiger partial charge in [-0.1, -0.05) is 50.6 Å². The quantitative estimate of drug-likeness (QED) is 0.686. The first-order chi connectivity index (χ1) is 7.69. The van der Waals surface area contributed by atoms with Crippen molar-refractivity contribution >= 4 is 6.29 Å². The van der Waals surface area contributed by atoms with E-state index in [1.54, 1.807) is 0 Å². The fourth-order valence-corrected chi connectivity index (χ4v) is 1.89. The van der Waals surface area contributed by atoms with Crippen LogP contribution in [-0.2, 0) is 11.3 Å². The molecule has 0 aliphatic rings. The second kappa shape index (κ2) is 6.44. The van der Waals surface area contributed by atoms with Gasteiger partial charge in [-0.3, -0.25) is 4.90 Å². The van der Waals surface area contributed by atoms with Crippen molar-refractivity contribution in [2.75, 3.05) is 7.05 Å². The molecule has 1 aromatic rings. The molecule has 1 aromatic carbocycles. The third kappa shape index (κ3) is 3.46. The molecule has 0 N–H and O–H groups in total. The largest absolute Gasteiger partial charge is 0.302 e. The van der Waals surface area contributed by atoms with E-state index in [9.17, 15) is 4.79 Å². The predicted molar refractivity (Wildman–Crippen MR) is 67.2 cm³/mol. The lowest BCUT2D eigenvalue weighted by molar-refractivity contribution is -0.113. The van der Waals surface area contributed by atoms with Crippen molar-refractivity contribution in [2.45, 2.75) is 32.9 Å². The summed E-state index contributed by atoms with van der Waals surface area (Å²) in [4.78, 5) is 13.2. The molecule has 0 amide bonds. The Bertz CT molecular complexity index is 310. The monoisotopic (exact) mass is 219 g/mol. The van der Waals surface area contributed by atoms with Crippen LogP contribution in [0.15, 0.2) is 30.3 Å². The Morgan fingerprint density at radius 2 is 1.94 bits per heavy atom. The van der Waals surface area contributed by atoms with E-state index < -0.39 is 0 Å². The molecule has 2 atom stereocenters. The van der Waals surface area contributed by atoms with Gasteiger partial charge in [0.15, 0.2) is 0 Å². The Morgan fingerprint density at radius 1 is 1.31 bits per heavy atom. The molecular formula is C14H21NO. The maximum atomic E-state index is 11.1. The minimum absolute atomic E-state index is 0.0187. The highest BCUT2D eigenvalue weighted by atomic mass is 16.1. The lowest BCUT2D eigenvalue weighted by Crippen LogP contribution is -2.37. The minimum Gasteiger partial charge on any atom is -0.302 e. The van der Waals surface area contributed by atoms with Crippen molar-refractivity contribution in [2.24, 2.45) is 5.92 Å². The van der Waals surface area contributed by atoms with Crippen LogP contribution in [0.2, 0.25) is 0 Å². The number of nitrogens with zero attached hydrogens (tertiary/aromatic N) is 1. The lowest BCUT2D eigenvalue weighted by Gasteiger charge is -2.28. The molecule has 1 rings (SSSR count). The number of carbonyl (C=O) groups excluding carboxylic acids is 1. The average Bonchev–Trinajstić information content (AvgIpc) is 2.31. The number of carbonyl (C=O) groups is 1. The molecule has 0 heterocycles. The number of rotatable bonds is 6. The molecule has 88 valence electrons. The summed E-state index contributed by atoms with van der Waals surface area (Å²) < 4.78 is 0. The molecule has 16 heavy (non-hydrogen) atoms. The Balaban J connectivity index is 2.63. The number of hydrogen-bond acceptors (Lipinski definition) is 2. The minimum atomic E-state index is 0.0187. The summed E-state index contributed by atoms with van der Waals surface area (Å²) in [5.74, 6) is 0.409. The van der Waals surface area contributed by atoms with E-state index in [-0.39, 0.29) is 6.04 Å². The van der Waals surface area contributed by atoms with Gasteiger partial charge in [0.05, 0.1) is 6.04 Å². The first-order valence-electron chi connectivity index (χ1n) is 5.88. The van der Waals surface area contributed by atoms with E-state index in [0.29, 0.717) is 5.92 Å². The van der Waals surface area contributed by atoms with E-state index in [0.717, 1.165) is 19.3 Å². The van der Waals surface area contributed by atoms with Gasteiger partial charge < -0.3 is 4.79 Å². The van der Waals surface area contributed by atoms with Crippen molar-refractivity contribution < 1.29 is 4.79 Å². The van der Waals surface area contributed by atoms with Gasteiger partial charge in [-0.05, 0) is 18.5 Å². The highest BCUT2D eigenvalue weighted by Gasteiger charge is 2.19. The molecule has 2 unspecified atom stereocenters. The zero-order valence-corrected chi connectivity index (χ0v) is 10.4. The molecule has 0 fully saturated rings. The molecule has 0 aliphatic heterocycles. The fourth-order valence-electron chi connectivity index (χ4n) is 1.89. The molecule has 0 radical (unpaired) electrons. The van der Waals surface area contributed by atoms with Gasteiger partial charge in [0.25, 0.3) is 0 Å². The van der Waals surface area contributed by atoms with Gasteiger partial charge in [-0.15, -0.1) is 0 Å². The zero-order chi connectivity index (χ0) is 12.0. The van der Waals surface area contributed by atoms with Crippen molar-refractivity contribution in [3.8, 4) is 0 Å². The molecule has 0 saturated heterocycles. The Morgan fingerprint density at radius 3 is 2.44 bits per heavy atom. The van der Waals surface area contributed by atoms with Crippen LogP contribution in [0.4, 0.5) is 0 Å². The SMILES string of the molecule is CCC(C)C(C=O)N(C)Cc1ccccc1. The van der Waals surface area contributed by atoms with Gasteiger partial charge in [0.1, 0.15) is 6.29 Å². The van der Waals surface area contributed by atoms with Crippen LogP contribution >= 0.6 is 0 Å². The second-order valence-electron chi connectivity index (χ2n) is 4.41. The molecule has 0 spiro atoms. The van der Waals surface area contributed by atoms with E-state index in [1.165, 1.54) is 5.56 Å². The van der Waals surface area contributed by atoms with Gasteiger partial charge in [0.2, 0.25) is 0 Å². The highest BCUT2D eigenvalue weighted by molar-refractivity contribution is 5.58. The molecule has 2 nitrogen and oxygen atoms in total. The summed E-state index contributed by atoms with van der Waals surface area (Å²) in [5.41, 5.74) is 1.25. The zero-order valence-electron chi connectivity index (χ0n) is 10.4. The first kappa shape index (κ1) is 12.9. The van der Waals surface area contributed by atoms with Gasteiger partial charge in [0, 0.05) is 6.54 Å². The molecule has 2 heteroatoms. The Labute approximate surface area is 98.3 Å². The average molecular weight is 219 g/mol. The maximum Gasteiger partial charge on any atom is 0.137 e. The van der Waals surface area contributed by atoms with Crippen LogP contribution in [0.3, 0.4) is 0 Å². The van der Waals surface area contributed by atoms with E-state index >= 15 is 0 Å². The Kier molecular flexibility index (Phi) is 5.20.